The van der Waals surface area contributed by atoms with E-state index >= 15 is 0 Å². The van der Waals surface area contributed by atoms with Gasteiger partial charge in [0.05, 0.1) is 39.6 Å². The van der Waals surface area contributed by atoms with Gasteiger partial charge in [0.15, 0.2) is 17.6 Å². The number of nitrogens with two attached hydrogens (primary N) is 1. The first-order valence-corrected chi connectivity index (χ1v) is 20.1. The molecule has 21 heteroatoms. The second-order valence-corrected chi connectivity index (χ2v) is 15.0. The van der Waals surface area contributed by atoms with Gasteiger partial charge in [0.2, 0.25) is 11.8 Å². The lowest BCUT2D eigenvalue weighted by Crippen LogP contribution is -2.56. The molecule has 0 aromatic heterocycles. The molecule has 0 saturated carbocycles. The van der Waals surface area contributed by atoms with Gasteiger partial charge in [-0.1, -0.05) is 0 Å². The van der Waals surface area contributed by atoms with Crippen LogP contribution < -0.4 is 41.8 Å². The number of phenols is 1. The van der Waals surface area contributed by atoms with Crippen LogP contribution in [0.5, 0.6) is 17.2 Å². The van der Waals surface area contributed by atoms with Crippen molar-refractivity contribution in [3.63, 3.8) is 0 Å². The van der Waals surface area contributed by atoms with Crippen molar-refractivity contribution in [3.05, 3.63) is 141 Å². The van der Waals surface area contributed by atoms with Crippen molar-refractivity contribution in [3.8, 4) is 17.2 Å². The summed E-state index contributed by atoms with van der Waals surface area (Å²) >= 11 is 0. The van der Waals surface area contributed by atoms with Gasteiger partial charge < -0.3 is 56.7 Å². The van der Waals surface area contributed by atoms with Gasteiger partial charge >= 0.3 is 5.97 Å². The van der Waals surface area contributed by atoms with E-state index in [2.05, 4.69) is 26.6 Å². The van der Waals surface area contributed by atoms with Crippen molar-refractivity contribution in [2.24, 2.45) is 5.73 Å². The number of phenolic OH excluding ortho intramolecular Hbond substituents is 1. The van der Waals surface area contributed by atoms with Gasteiger partial charge in [-0.05, 0) is 119 Å². The molecule has 9 N–H and O–H groups in total. The first-order valence-electron chi connectivity index (χ1n) is 20.1. The lowest BCUT2D eigenvalue weighted by Gasteiger charge is -2.24. The van der Waals surface area contributed by atoms with E-state index in [1.807, 2.05) is 0 Å². The molecule has 0 fully saturated rings. The number of nitrogens with one attached hydrogen (secondary N) is 5. The number of nitrogens with zero attached hydrogens (tertiary/aromatic N) is 1. The summed E-state index contributed by atoms with van der Waals surface area (Å²) in [6.45, 7) is 6.76. The van der Waals surface area contributed by atoms with Crippen molar-refractivity contribution in [1.29, 1.82) is 0 Å². The van der Waals surface area contributed by atoms with Crippen LogP contribution in [0.3, 0.4) is 0 Å². The number of benzene rings is 5. The highest BCUT2D eigenvalue weighted by atomic mass is 16.6. The minimum absolute atomic E-state index is 0.00273. The number of carbonyl (C=O) groups is 7. The summed E-state index contributed by atoms with van der Waals surface area (Å²) in [5.74, 6) is -6.81. The van der Waals surface area contributed by atoms with Crippen LogP contribution in [0.2, 0.25) is 0 Å². The lowest BCUT2D eigenvalue weighted by molar-refractivity contribution is -0.384. The molecule has 0 spiro atoms. The van der Waals surface area contributed by atoms with E-state index in [4.69, 9.17) is 19.9 Å². The molecule has 0 saturated heterocycles. The smallest absolute Gasteiger partial charge is 0.335 e. The highest BCUT2D eigenvalue weighted by Crippen LogP contribution is 2.39. The third kappa shape index (κ3) is 12.7. The summed E-state index contributed by atoms with van der Waals surface area (Å²) in [5.41, 5.74) is 5.77. The van der Waals surface area contributed by atoms with Gasteiger partial charge in [-0.25, -0.2) is 4.79 Å². The van der Waals surface area contributed by atoms with E-state index in [0.717, 1.165) is 7.11 Å². The summed E-state index contributed by atoms with van der Waals surface area (Å²) in [4.78, 5) is 101. The molecule has 348 valence electrons. The topological polar surface area (TPSA) is 317 Å². The molecule has 21 nitrogen and oxygen atoms in total. The van der Waals surface area contributed by atoms with Crippen LogP contribution in [0.15, 0.2) is 103 Å². The summed E-state index contributed by atoms with van der Waals surface area (Å²) in [7, 11) is 1.11. The Kier molecular flexibility index (Phi) is 15.9. The highest BCUT2D eigenvalue weighted by Gasteiger charge is 2.35. The number of carbonyl (C=O) groups excluding carboxylic acids is 6. The van der Waals surface area contributed by atoms with Crippen LogP contribution >= 0.6 is 0 Å². The zero-order chi connectivity index (χ0) is 49.1. The Morgan fingerprint density at radius 3 is 1.64 bits per heavy atom. The Hall–Kier alpha value is -8.85. The molecule has 0 aliphatic heterocycles. The van der Waals surface area contributed by atoms with Crippen LogP contribution in [0.1, 0.15) is 79.5 Å². The third-order valence-corrected chi connectivity index (χ3v) is 9.38. The van der Waals surface area contributed by atoms with Crippen LogP contribution in [0, 0.1) is 10.1 Å². The third-order valence-electron chi connectivity index (χ3n) is 9.38. The number of ether oxygens (including phenoxy) is 3. The molecule has 5 aromatic rings. The second-order valence-electron chi connectivity index (χ2n) is 15.0. The number of aromatic carboxylic acids is 1. The average Bonchev–Trinajstić information content (AvgIpc) is 3.28. The Morgan fingerprint density at radius 1 is 0.627 bits per heavy atom. The molecule has 2 atom stereocenters. The lowest BCUT2D eigenvalue weighted by atomic mass is 10.1. The summed E-state index contributed by atoms with van der Waals surface area (Å²) in [6, 6.07) is 20.6. The second kappa shape index (κ2) is 21.7. The van der Waals surface area contributed by atoms with Crippen molar-refractivity contribution >= 4 is 69.8 Å². The van der Waals surface area contributed by atoms with Gasteiger partial charge in [-0.3, -0.25) is 38.9 Å². The zero-order valence-electron chi connectivity index (χ0n) is 36.4. The number of primary amides is 1. The van der Waals surface area contributed by atoms with Crippen LogP contribution in [0.25, 0.3) is 0 Å². The van der Waals surface area contributed by atoms with Crippen LogP contribution in [-0.2, 0) is 14.3 Å². The number of methoxy groups -OCH3 is 1. The monoisotopic (exact) mass is 919 g/mol. The first-order chi connectivity index (χ1) is 31.8. The maximum absolute atomic E-state index is 13.6. The SMILES string of the molecule is COC(C(N)=O)C(NC(=O)c1ccc(NC(=O)c2ccc([N+](=O)[O-])cc2)cc1)C(=O)Nc1ccc(C(=O)Nc2ccc(C(=O)Nc3ccc(C(=O)O)cc3OC(C)C)c(O)c2OC(C)C)cc1. The van der Waals surface area contributed by atoms with Crippen LogP contribution in [-0.4, -0.2) is 88.0 Å². The molecule has 5 aromatic carbocycles. The van der Waals surface area contributed by atoms with Crippen molar-refractivity contribution < 1.29 is 62.9 Å². The Morgan fingerprint density at radius 2 is 1.12 bits per heavy atom. The summed E-state index contributed by atoms with van der Waals surface area (Å²) in [6.07, 6.45) is -2.53. The van der Waals surface area contributed by atoms with Gasteiger partial charge in [-0.15, -0.1) is 0 Å². The fraction of sp³-hybridized carbons (Fsp3) is 0.196. The molecule has 0 heterocycles. The minimum atomic E-state index is -1.66. The molecule has 2 unspecified atom stereocenters. The van der Waals surface area contributed by atoms with Gasteiger partial charge in [0, 0.05) is 47.3 Å². The van der Waals surface area contributed by atoms with E-state index in [-0.39, 0.29) is 73.9 Å². The number of nitro groups is 1. The number of nitro benzene ring substituents is 1. The minimum Gasteiger partial charge on any atom is -0.504 e. The predicted octanol–water partition coefficient (Wildman–Crippen LogP) is 5.57. The Balaban J connectivity index is 1.27. The van der Waals surface area contributed by atoms with E-state index < -0.39 is 70.3 Å². The van der Waals surface area contributed by atoms with Crippen molar-refractivity contribution in [1.82, 2.24) is 5.32 Å². The number of aromatic hydroxyl groups is 1. The number of carboxylic acid groups (broad SMARTS) is 1. The largest absolute Gasteiger partial charge is 0.504 e. The van der Waals surface area contributed by atoms with E-state index in [1.54, 1.807) is 27.7 Å². The highest BCUT2D eigenvalue weighted by molar-refractivity contribution is 6.10. The number of non-ortho nitro benzene ring substituents is 1. The van der Waals surface area contributed by atoms with E-state index in [1.165, 1.54) is 103 Å². The standard InChI is InChI=1S/C46H45N7O14/c1-23(2)66-35-22-28(46(61)62)12-20-33(35)50-44(59)32-19-21-34(38(37(32)54)67-24(3)4)51-42(57)25-6-15-30(16-7-25)49-45(60)36(39(65-5)40(47)55)52-43(58)26-8-13-29(14-9-26)48-41(56)27-10-17-31(18-11-27)53(63)64/h6-24,36,39,54H,1-5H3,(H2,47,55)(H,48,56)(H,49,60)(H,50,59)(H,51,57)(H,52,58)(H,61,62). The molecule has 67 heavy (non-hydrogen) atoms. The maximum Gasteiger partial charge on any atom is 0.335 e. The maximum atomic E-state index is 13.6. The Bertz CT molecular complexity index is 2710. The normalized spacial score (nSPS) is 11.7. The Labute approximate surface area is 381 Å². The number of hydrogen-bond donors (Lipinski definition) is 8. The molecule has 5 rings (SSSR count). The molecule has 6 amide bonds. The fourth-order valence-electron chi connectivity index (χ4n) is 6.19. The predicted molar refractivity (Wildman–Crippen MR) is 243 cm³/mol. The molecular formula is C46H45N7O14. The van der Waals surface area contributed by atoms with Crippen molar-refractivity contribution in [2.75, 3.05) is 28.4 Å². The summed E-state index contributed by atoms with van der Waals surface area (Å²) in [5, 5.41) is 44.5. The number of amides is 6. The van der Waals surface area contributed by atoms with Gasteiger partial charge in [0.25, 0.3) is 29.3 Å². The number of rotatable bonds is 19. The molecule has 0 bridgehead atoms. The molecule has 0 aliphatic carbocycles. The number of carboxylic acids is 1. The molecular weight excluding hydrogens is 875 g/mol. The van der Waals surface area contributed by atoms with E-state index in [9.17, 15) is 53.9 Å². The van der Waals surface area contributed by atoms with Crippen molar-refractivity contribution in [2.45, 2.75) is 52.0 Å². The van der Waals surface area contributed by atoms with E-state index in [0.29, 0.717) is 0 Å². The van der Waals surface area contributed by atoms with Crippen LogP contribution in [0.4, 0.5) is 28.4 Å². The number of hydrogen-bond acceptors (Lipinski definition) is 13. The summed E-state index contributed by atoms with van der Waals surface area (Å²) < 4.78 is 16.7. The van der Waals surface area contributed by atoms with Gasteiger partial charge in [0.1, 0.15) is 11.8 Å². The number of anilines is 4. The zero-order valence-corrected chi connectivity index (χ0v) is 36.4. The molecule has 0 radical (unpaired) electrons. The fourth-order valence-corrected chi connectivity index (χ4v) is 6.19. The molecule has 0 aliphatic rings. The van der Waals surface area contributed by atoms with Gasteiger partial charge in [-0.2, -0.15) is 0 Å². The quantitative estimate of drug-likeness (QED) is 0.0371. The first kappa shape index (κ1) is 49.2. The average molecular weight is 920 g/mol.